The number of anilines is 1. The second-order valence-corrected chi connectivity index (χ2v) is 7.12. The first kappa shape index (κ1) is 19.7. The van der Waals surface area contributed by atoms with Crippen LogP contribution in [0.4, 0.5) is 5.69 Å². The number of amides is 1. The largest absolute Gasteiger partial charge is 0.495 e. The summed E-state index contributed by atoms with van der Waals surface area (Å²) >= 11 is 6.11. The van der Waals surface area contributed by atoms with E-state index in [9.17, 15) is 4.79 Å². The summed E-state index contributed by atoms with van der Waals surface area (Å²) in [5.74, 6) is 1.17. The van der Waals surface area contributed by atoms with E-state index in [1.54, 1.807) is 29.0 Å². The molecule has 4 aromatic rings. The zero-order valence-electron chi connectivity index (χ0n) is 16.4. The highest BCUT2D eigenvalue weighted by Crippen LogP contribution is 2.27. The lowest BCUT2D eigenvalue weighted by atomic mass is 10.1. The summed E-state index contributed by atoms with van der Waals surface area (Å²) in [5.41, 5.74) is 3.26. The monoisotopic (exact) mass is 422 g/mol. The van der Waals surface area contributed by atoms with E-state index in [0.29, 0.717) is 33.9 Å². The van der Waals surface area contributed by atoms with Crippen LogP contribution in [0.1, 0.15) is 5.56 Å². The van der Waals surface area contributed by atoms with Gasteiger partial charge in [0.05, 0.1) is 12.1 Å². The summed E-state index contributed by atoms with van der Waals surface area (Å²) in [4.78, 5) is 17.0. The van der Waals surface area contributed by atoms with E-state index < -0.39 is 0 Å². The first-order chi connectivity index (χ1) is 14.5. The van der Waals surface area contributed by atoms with Crippen LogP contribution in [0.3, 0.4) is 0 Å². The summed E-state index contributed by atoms with van der Waals surface area (Å²) in [5, 5.41) is 7.30. The molecule has 0 bridgehead atoms. The van der Waals surface area contributed by atoms with Crippen molar-refractivity contribution in [2.24, 2.45) is 0 Å². The van der Waals surface area contributed by atoms with Gasteiger partial charge in [0.1, 0.15) is 18.0 Å². The molecule has 2 aromatic carbocycles. The van der Waals surface area contributed by atoms with Crippen LogP contribution in [-0.2, 0) is 11.3 Å². The van der Waals surface area contributed by atoms with E-state index in [-0.39, 0.29) is 12.5 Å². The maximum Gasteiger partial charge on any atom is 0.274 e. The van der Waals surface area contributed by atoms with Crippen LogP contribution < -0.4 is 10.1 Å². The summed E-state index contributed by atoms with van der Waals surface area (Å²) < 4.78 is 12.3. The fraction of sp³-hybridized carbons (Fsp3) is 0.136. The average molecular weight is 423 g/mol. The number of ether oxygens (including phenoxy) is 1. The number of methoxy groups -OCH3 is 1. The third-order valence-electron chi connectivity index (χ3n) is 4.53. The number of nitrogens with zero attached hydrogens (tertiary/aromatic N) is 3. The number of aryl methyl sites for hydroxylation is 1. The van der Waals surface area contributed by atoms with Crippen molar-refractivity contribution in [1.29, 1.82) is 0 Å². The molecule has 1 N–H and O–H groups in total. The van der Waals surface area contributed by atoms with Crippen LogP contribution in [0, 0.1) is 6.92 Å². The zero-order chi connectivity index (χ0) is 21.1. The van der Waals surface area contributed by atoms with E-state index in [4.69, 9.17) is 20.9 Å². The molecule has 0 fully saturated rings. The van der Waals surface area contributed by atoms with Gasteiger partial charge in [0.2, 0.25) is 11.7 Å². The lowest BCUT2D eigenvalue weighted by molar-refractivity contribution is -0.116. The molecule has 8 heteroatoms. The molecule has 7 nitrogen and oxygen atoms in total. The highest BCUT2D eigenvalue weighted by atomic mass is 35.5. The SMILES string of the molecule is COc1ccc(NC(=O)Cn2cccc2-c2nc(-c3ccc(C)cc3)no2)cc1Cl. The van der Waals surface area contributed by atoms with Gasteiger partial charge in [0, 0.05) is 17.4 Å². The summed E-state index contributed by atoms with van der Waals surface area (Å²) in [6, 6.07) is 16.6. The number of hydrogen-bond donors (Lipinski definition) is 1. The smallest absolute Gasteiger partial charge is 0.274 e. The molecule has 152 valence electrons. The molecule has 0 spiro atoms. The number of benzene rings is 2. The maximum atomic E-state index is 12.5. The Morgan fingerprint density at radius 2 is 2.00 bits per heavy atom. The van der Waals surface area contributed by atoms with Gasteiger partial charge >= 0.3 is 0 Å². The van der Waals surface area contributed by atoms with Gasteiger partial charge < -0.3 is 19.1 Å². The highest BCUT2D eigenvalue weighted by Gasteiger charge is 2.16. The predicted octanol–water partition coefficient (Wildman–Crippen LogP) is 4.81. The maximum absolute atomic E-state index is 12.5. The molecule has 0 atom stereocenters. The molecule has 0 aliphatic rings. The first-order valence-corrected chi connectivity index (χ1v) is 9.61. The number of hydrogen-bond acceptors (Lipinski definition) is 5. The minimum Gasteiger partial charge on any atom is -0.495 e. The van der Waals surface area contributed by atoms with Gasteiger partial charge in [-0.3, -0.25) is 4.79 Å². The summed E-state index contributed by atoms with van der Waals surface area (Å²) in [6.07, 6.45) is 1.78. The lowest BCUT2D eigenvalue weighted by Gasteiger charge is -2.09. The minimum absolute atomic E-state index is 0.0776. The Kier molecular flexibility index (Phi) is 5.54. The fourth-order valence-electron chi connectivity index (χ4n) is 2.99. The van der Waals surface area contributed by atoms with Crippen LogP contribution in [0.5, 0.6) is 5.75 Å². The molecule has 1 amide bonds. The van der Waals surface area contributed by atoms with Gasteiger partial charge in [-0.05, 0) is 37.3 Å². The van der Waals surface area contributed by atoms with E-state index in [2.05, 4.69) is 15.5 Å². The quantitative estimate of drug-likeness (QED) is 0.482. The van der Waals surface area contributed by atoms with Crippen LogP contribution in [0.2, 0.25) is 5.02 Å². The van der Waals surface area contributed by atoms with Crippen LogP contribution in [-0.4, -0.2) is 27.7 Å². The molecule has 30 heavy (non-hydrogen) atoms. The number of rotatable bonds is 6. The molecule has 4 rings (SSSR count). The fourth-order valence-corrected chi connectivity index (χ4v) is 3.25. The normalized spacial score (nSPS) is 10.8. The molecular formula is C22H19ClN4O3. The molecule has 2 heterocycles. The second kappa shape index (κ2) is 8.42. The Morgan fingerprint density at radius 1 is 1.20 bits per heavy atom. The van der Waals surface area contributed by atoms with Crippen molar-refractivity contribution in [3.05, 3.63) is 71.4 Å². The van der Waals surface area contributed by atoms with Gasteiger partial charge in [-0.2, -0.15) is 4.98 Å². The third-order valence-corrected chi connectivity index (χ3v) is 4.83. The predicted molar refractivity (Wildman–Crippen MR) is 115 cm³/mol. The van der Waals surface area contributed by atoms with E-state index in [0.717, 1.165) is 11.1 Å². The minimum atomic E-state index is -0.216. The van der Waals surface area contributed by atoms with Crippen molar-refractivity contribution in [2.45, 2.75) is 13.5 Å². The second-order valence-electron chi connectivity index (χ2n) is 6.71. The van der Waals surface area contributed by atoms with Gasteiger partial charge in [-0.25, -0.2) is 0 Å². The Bertz CT molecular complexity index is 1180. The molecule has 0 saturated carbocycles. The summed E-state index contributed by atoms with van der Waals surface area (Å²) in [7, 11) is 1.54. The van der Waals surface area contributed by atoms with E-state index in [1.807, 2.05) is 43.3 Å². The number of carbonyl (C=O) groups excluding carboxylic acids is 1. The number of carbonyl (C=O) groups is 1. The van der Waals surface area contributed by atoms with Crippen molar-refractivity contribution in [2.75, 3.05) is 12.4 Å². The Balaban J connectivity index is 1.49. The van der Waals surface area contributed by atoms with Crippen molar-refractivity contribution in [3.63, 3.8) is 0 Å². The van der Waals surface area contributed by atoms with Gasteiger partial charge in [0.15, 0.2) is 0 Å². The van der Waals surface area contributed by atoms with Gasteiger partial charge in [-0.15, -0.1) is 0 Å². The summed E-state index contributed by atoms with van der Waals surface area (Å²) in [6.45, 7) is 2.09. The molecule has 0 aliphatic carbocycles. The Hall–Kier alpha value is -3.58. The molecule has 0 aliphatic heterocycles. The van der Waals surface area contributed by atoms with Crippen molar-refractivity contribution in [1.82, 2.24) is 14.7 Å². The van der Waals surface area contributed by atoms with Crippen molar-refractivity contribution in [3.8, 4) is 28.7 Å². The first-order valence-electron chi connectivity index (χ1n) is 9.23. The highest BCUT2D eigenvalue weighted by molar-refractivity contribution is 6.32. The van der Waals surface area contributed by atoms with Gasteiger partial charge in [0.25, 0.3) is 5.89 Å². The van der Waals surface area contributed by atoms with Crippen molar-refractivity contribution < 1.29 is 14.1 Å². The van der Waals surface area contributed by atoms with Crippen molar-refractivity contribution >= 4 is 23.2 Å². The number of aromatic nitrogens is 3. The van der Waals surface area contributed by atoms with E-state index in [1.165, 1.54) is 7.11 Å². The third kappa shape index (κ3) is 4.21. The molecule has 2 aromatic heterocycles. The number of nitrogens with one attached hydrogen (secondary N) is 1. The van der Waals surface area contributed by atoms with Crippen LogP contribution >= 0.6 is 11.6 Å². The van der Waals surface area contributed by atoms with E-state index >= 15 is 0 Å². The van der Waals surface area contributed by atoms with Gasteiger partial charge in [-0.1, -0.05) is 46.6 Å². The lowest BCUT2D eigenvalue weighted by Crippen LogP contribution is -2.18. The molecule has 0 unspecified atom stereocenters. The standard InChI is InChI=1S/C22H19ClN4O3/c1-14-5-7-15(8-6-14)21-25-22(30-26-21)18-4-3-11-27(18)13-20(28)24-16-9-10-19(29-2)17(23)12-16/h3-12H,13H2,1-2H3,(H,24,28). The molecule has 0 radical (unpaired) electrons. The van der Waals surface area contributed by atoms with Crippen LogP contribution in [0.25, 0.3) is 23.0 Å². The molecular weight excluding hydrogens is 404 g/mol. The molecule has 0 saturated heterocycles. The zero-order valence-corrected chi connectivity index (χ0v) is 17.2. The topological polar surface area (TPSA) is 82.2 Å². The average Bonchev–Trinajstić information content (AvgIpc) is 3.38. The number of halogens is 1. The Labute approximate surface area is 178 Å². The Morgan fingerprint density at radius 3 is 2.73 bits per heavy atom. The van der Waals surface area contributed by atoms with Crippen LogP contribution in [0.15, 0.2) is 65.3 Å².